The second-order valence-corrected chi connectivity index (χ2v) is 6.86. The van der Waals surface area contributed by atoms with E-state index in [9.17, 15) is 0 Å². The zero-order chi connectivity index (χ0) is 15.8. The molecule has 0 bridgehead atoms. The molecule has 2 nitrogen and oxygen atoms in total. The summed E-state index contributed by atoms with van der Waals surface area (Å²) in [4.78, 5) is 2.60. The average Bonchev–Trinajstić information content (AvgIpc) is 2.42. The predicted octanol–water partition coefficient (Wildman–Crippen LogP) is 4.40. The third kappa shape index (κ3) is 6.62. The monoisotopic (exact) mass is 290 g/mol. The van der Waals surface area contributed by atoms with E-state index in [0.29, 0.717) is 18.0 Å². The van der Waals surface area contributed by atoms with E-state index >= 15 is 0 Å². The van der Waals surface area contributed by atoms with E-state index in [2.05, 4.69) is 76.0 Å². The van der Waals surface area contributed by atoms with Gasteiger partial charge in [-0.25, -0.2) is 0 Å². The summed E-state index contributed by atoms with van der Waals surface area (Å²) in [7, 11) is 0. The summed E-state index contributed by atoms with van der Waals surface area (Å²) < 4.78 is 0. The first-order valence-electron chi connectivity index (χ1n) is 8.48. The Kier molecular flexibility index (Phi) is 7.98. The molecule has 1 rings (SSSR count). The topological polar surface area (TPSA) is 15.3 Å². The molecular weight excluding hydrogens is 256 g/mol. The second-order valence-electron chi connectivity index (χ2n) is 6.86. The zero-order valence-corrected chi connectivity index (χ0v) is 14.8. The molecule has 0 amide bonds. The van der Waals surface area contributed by atoms with E-state index < -0.39 is 0 Å². The van der Waals surface area contributed by atoms with Crippen molar-refractivity contribution in [1.29, 1.82) is 0 Å². The number of nitrogens with one attached hydrogen (secondary N) is 1. The summed E-state index contributed by atoms with van der Waals surface area (Å²) in [5, 5.41) is 3.72. The van der Waals surface area contributed by atoms with Gasteiger partial charge in [0, 0.05) is 25.2 Å². The Balaban J connectivity index is 2.82. The largest absolute Gasteiger partial charge is 0.309 e. The molecule has 0 saturated carbocycles. The molecule has 2 heteroatoms. The van der Waals surface area contributed by atoms with Crippen LogP contribution in [0.25, 0.3) is 0 Å². The van der Waals surface area contributed by atoms with Crippen molar-refractivity contribution in [2.24, 2.45) is 5.92 Å². The lowest BCUT2D eigenvalue weighted by Gasteiger charge is -2.32. The Morgan fingerprint density at radius 1 is 1.00 bits per heavy atom. The van der Waals surface area contributed by atoms with E-state index in [0.717, 1.165) is 19.6 Å². The molecule has 0 aliphatic carbocycles. The van der Waals surface area contributed by atoms with Crippen molar-refractivity contribution >= 4 is 0 Å². The van der Waals surface area contributed by atoms with Gasteiger partial charge < -0.3 is 5.32 Å². The number of hydrogen-bond acceptors (Lipinski definition) is 2. The van der Waals surface area contributed by atoms with Crippen LogP contribution in [-0.2, 0) is 0 Å². The molecule has 0 aliphatic heterocycles. The van der Waals surface area contributed by atoms with Gasteiger partial charge >= 0.3 is 0 Å². The lowest BCUT2D eigenvalue weighted by atomic mass is 10.0. The van der Waals surface area contributed by atoms with E-state index in [-0.39, 0.29) is 0 Å². The molecule has 1 N–H and O–H groups in total. The molecule has 0 aliphatic rings. The SMILES string of the molecule is CCCNC(CN(CC(C)C)C(C)C)c1ccc(C)cc1. The van der Waals surface area contributed by atoms with Gasteiger partial charge in [-0.05, 0) is 45.2 Å². The van der Waals surface area contributed by atoms with Crippen molar-refractivity contribution in [2.75, 3.05) is 19.6 Å². The molecule has 120 valence electrons. The minimum Gasteiger partial charge on any atom is -0.309 e. The van der Waals surface area contributed by atoms with Crippen molar-refractivity contribution in [3.8, 4) is 0 Å². The first-order valence-corrected chi connectivity index (χ1v) is 8.48. The van der Waals surface area contributed by atoms with Crippen molar-refractivity contribution in [3.05, 3.63) is 35.4 Å². The molecule has 0 saturated heterocycles. The molecule has 1 aromatic carbocycles. The van der Waals surface area contributed by atoms with Gasteiger partial charge in [-0.3, -0.25) is 4.90 Å². The maximum absolute atomic E-state index is 3.72. The summed E-state index contributed by atoms with van der Waals surface area (Å²) in [6.07, 6.45) is 1.17. The zero-order valence-electron chi connectivity index (χ0n) is 14.8. The summed E-state index contributed by atoms with van der Waals surface area (Å²) in [6, 6.07) is 10.00. The first-order chi connectivity index (χ1) is 9.93. The van der Waals surface area contributed by atoms with Gasteiger partial charge in [0.25, 0.3) is 0 Å². The van der Waals surface area contributed by atoms with Crippen LogP contribution >= 0.6 is 0 Å². The fourth-order valence-electron chi connectivity index (χ4n) is 2.60. The van der Waals surface area contributed by atoms with Crippen LogP contribution in [0.2, 0.25) is 0 Å². The second kappa shape index (κ2) is 9.22. The highest BCUT2D eigenvalue weighted by Crippen LogP contribution is 2.18. The Labute approximate surface area is 131 Å². The van der Waals surface area contributed by atoms with Crippen molar-refractivity contribution < 1.29 is 0 Å². The van der Waals surface area contributed by atoms with E-state index in [1.807, 2.05) is 0 Å². The van der Waals surface area contributed by atoms with Crippen LogP contribution in [0.5, 0.6) is 0 Å². The molecular formula is C19H34N2. The third-order valence-corrected chi connectivity index (χ3v) is 3.87. The van der Waals surface area contributed by atoms with Crippen LogP contribution in [0.3, 0.4) is 0 Å². The van der Waals surface area contributed by atoms with Crippen molar-refractivity contribution in [3.63, 3.8) is 0 Å². The summed E-state index contributed by atoms with van der Waals surface area (Å²) in [5.74, 6) is 0.706. The number of nitrogens with zero attached hydrogens (tertiary/aromatic N) is 1. The minimum absolute atomic E-state index is 0.423. The first kappa shape index (κ1) is 18.2. The quantitative estimate of drug-likeness (QED) is 0.725. The van der Waals surface area contributed by atoms with Crippen molar-refractivity contribution in [1.82, 2.24) is 10.2 Å². The minimum atomic E-state index is 0.423. The highest BCUT2D eigenvalue weighted by Gasteiger charge is 2.18. The lowest BCUT2D eigenvalue weighted by molar-refractivity contribution is 0.177. The van der Waals surface area contributed by atoms with Gasteiger partial charge in [0.1, 0.15) is 0 Å². The van der Waals surface area contributed by atoms with E-state index in [1.54, 1.807) is 0 Å². The number of aryl methyl sites for hydroxylation is 1. The molecule has 0 aromatic heterocycles. The molecule has 0 spiro atoms. The third-order valence-electron chi connectivity index (χ3n) is 3.87. The summed E-state index contributed by atoms with van der Waals surface area (Å²) >= 11 is 0. The lowest BCUT2D eigenvalue weighted by Crippen LogP contribution is -2.41. The Hall–Kier alpha value is -0.860. The maximum atomic E-state index is 3.72. The fraction of sp³-hybridized carbons (Fsp3) is 0.684. The van der Waals surface area contributed by atoms with Gasteiger partial charge in [-0.15, -0.1) is 0 Å². The van der Waals surface area contributed by atoms with Gasteiger partial charge in [-0.2, -0.15) is 0 Å². The maximum Gasteiger partial charge on any atom is 0.0449 e. The van der Waals surface area contributed by atoms with Gasteiger partial charge in [-0.1, -0.05) is 50.6 Å². The molecule has 0 radical (unpaired) electrons. The Morgan fingerprint density at radius 2 is 1.62 bits per heavy atom. The Morgan fingerprint density at radius 3 is 2.10 bits per heavy atom. The summed E-state index contributed by atoms with van der Waals surface area (Å²) in [6.45, 7) is 16.9. The van der Waals surface area contributed by atoms with E-state index in [1.165, 1.54) is 17.5 Å². The van der Waals surface area contributed by atoms with Crippen LogP contribution in [-0.4, -0.2) is 30.6 Å². The Bertz CT molecular complexity index is 381. The van der Waals surface area contributed by atoms with Crippen LogP contribution < -0.4 is 5.32 Å². The van der Waals surface area contributed by atoms with Crippen LogP contribution in [0.1, 0.15) is 58.2 Å². The molecule has 21 heavy (non-hydrogen) atoms. The van der Waals surface area contributed by atoms with Crippen molar-refractivity contribution in [2.45, 2.75) is 60.0 Å². The van der Waals surface area contributed by atoms with Crippen LogP contribution in [0.4, 0.5) is 0 Å². The molecule has 1 aromatic rings. The highest BCUT2D eigenvalue weighted by molar-refractivity contribution is 5.24. The average molecular weight is 290 g/mol. The highest BCUT2D eigenvalue weighted by atomic mass is 15.2. The van der Waals surface area contributed by atoms with E-state index in [4.69, 9.17) is 0 Å². The van der Waals surface area contributed by atoms with Gasteiger partial charge in [0.05, 0.1) is 0 Å². The summed E-state index contributed by atoms with van der Waals surface area (Å²) in [5.41, 5.74) is 2.74. The molecule has 1 atom stereocenters. The van der Waals surface area contributed by atoms with Crippen LogP contribution in [0.15, 0.2) is 24.3 Å². The molecule has 1 unspecified atom stereocenters. The molecule has 0 heterocycles. The smallest absolute Gasteiger partial charge is 0.0449 e. The standard InChI is InChI=1S/C19H34N2/c1-7-12-20-19(18-10-8-17(6)9-11-18)14-21(16(4)5)13-15(2)3/h8-11,15-16,19-20H,7,12-14H2,1-6H3. The number of benzene rings is 1. The fourth-order valence-corrected chi connectivity index (χ4v) is 2.60. The van der Waals surface area contributed by atoms with Gasteiger partial charge in [0.2, 0.25) is 0 Å². The molecule has 0 fully saturated rings. The van der Waals surface area contributed by atoms with Gasteiger partial charge in [0.15, 0.2) is 0 Å². The number of rotatable bonds is 9. The predicted molar refractivity (Wildman–Crippen MR) is 93.8 cm³/mol. The number of hydrogen-bond donors (Lipinski definition) is 1. The normalized spacial score (nSPS) is 13.4. The van der Waals surface area contributed by atoms with Crippen LogP contribution in [0, 0.1) is 12.8 Å².